The molecule has 3 rings (SSSR count). The Hall–Kier alpha value is -4.05. The SMILES string of the molecule is CCOc1ccc(NC(=O)CNC(=O)c2cccc(NS(=O)(=O)c3ccc(OCC)cc3)c2)cc1. The van der Waals surface area contributed by atoms with E-state index in [0.717, 1.165) is 0 Å². The maximum absolute atomic E-state index is 12.7. The fraction of sp³-hybridized carbons (Fsp3) is 0.200. The normalized spacial score (nSPS) is 10.8. The van der Waals surface area contributed by atoms with E-state index in [2.05, 4.69) is 15.4 Å². The molecule has 0 aliphatic carbocycles. The number of benzene rings is 3. The van der Waals surface area contributed by atoms with Crippen LogP contribution in [0.15, 0.2) is 77.7 Å². The van der Waals surface area contributed by atoms with Gasteiger partial charge in [-0.05, 0) is 80.6 Å². The molecule has 2 amide bonds. The molecule has 3 aromatic carbocycles. The first-order chi connectivity index (χ1) is 16.8. The van der Waals surface area contributed by atoms with Crippen LogP contribution >= 0.6 is 0 Å². The molecular formula is C25H27N3O6S. The first kappa shape index (κ1) is 25.6. The maximum atomic E-state index is 12.7. The van der Waals surface area contributed by atoms with Crippen LogP contribution in [0.4, 0.5) is 11.4 Å². The highest BCUT2D eigenvalue weighted by atomic mass is 32.2. The van der Waals surface area contributed by atoms with E-state index in [1.807, 2.05) is 13.8 Å². The van der Waals surface area contributed by atoms with Gasteiger partial charge >= 0.3 is 0 Å². The third-order valence-electron chi connectivity index (χ3n) is 4.68. The predicted octanol–water partition coefficient (Wildman–Crippen LogP) is 3.65. The minimum atomic E-state index is -3.86. The molecular weight excluding hydrogens is 470 g/mol. The highest BCUT2D eigenvalue weighted by molar-refractivity contribution is 7.92. The van der Waals surface area contributed by atoms with E-state index in [4.69, 9.17) is 9.47 Å². The van der Waals surface area contributed by atoms with E-state index < -0.39 is 21.8 Å². The van der Waals surface area contributed by atoms with Crippen molar-refractivity contribution < 1.29 is 27.5 Å². The van der Waals surface area contributed by atoms with Gasteiger partial charge in [0.15, 0.2) is 0 Å². The summed E-state index contributed by atoms with van der Waals surface area (Å²) in [7, 11) is -3.86. The number of nitrogens with one attached hydrogen (secondary N) is 3. The second-order valence-corrected chi connectivity index (χ2v) is 8.96. The second-order valence-electron chi connectivity index (χ2n) is 7.28. The molecule has 0 aromatic heterocycles. The molecule has 0 fully saturated rings. The Morgan fingerprint density at radius 3 is 2.00 bits per heavy atom. The molecule has 0 saturated carbocycles. The minimum absolute atomic E-state index is 0.0572. The van der Waals surface area contributed by atoms with E-state index in [1.54, 1.807) is 42.5 Å². The van der Waals surface area contributed by atoms with Crippen molar-refractivity contribution in [3.63, 3.8) is 0 Å². The van der Waals surface area contributed by atoms with Crippen LogP contribution < -0.4 is 24.8 Å². The van der Waals surface area contributed by atoms with Gasteiger partial charge in [-0.1, -0.05) is 6.07 Å². The van der Waals surface area contributed by atoms with Crippen molar-refractivity contribution in [1.82, 2.24) is 5.32 Å². The van der Waals surface area contributed by atoms with Crippen molar-refractivity contribution >= 4 is 33.2 Å². The molecule has 0 aliphatic rings. The van der Waals surface area contributed by atoms with Gasteiger partial charge in [-0.15, -0.1) is 0 Å². The van der Waals surface area contributed by atoms with Gasteiger partial charge in [0.1, 0.15) is 11.5 Å². The largest absolute Gasteiger partial charge is 0.494 e. The standard InChI is InChI=1S/C25H27N3O6S/c1-3-33-21-10-8-19(9-11-21)27-24(29)17-26-25(30)18-6-5-7-20(16-18)28-35(31,32)23-14-12-22(13-15-23)34-4-2/h5-16,28H,3-4,17H2,1-2H3,(H,26,30)(H,27,29). The average Bonchev–Trinajstić information content (AvgIpc) is 2.84. The monoisotopic (exact) mass is 497 g/mol. The number of ether oxygens (including phenoxy) is 2. The molecule has 0 unspecified atom stereocenters. The minimum Gasteiger partial charge on any atom is -0.494 e. The quantitative estimate of drug-likeness (QED) is 0.372. The Kier molecular flexibility index (Phi) is 8.69. The van der Waals surface area contributed by atoms with Gasteiger partial charge < -0.3 is 20.1 Å². The Labute approximate surface area is 204 Å². The lowest BCUT2D eigenvalue weighted by Crippen LogP contribution is -2.32. The van der Waals surface area contributed by atoms with Crippen LogP contribution in [0.5, 0.6) is 11.5 Å². The average molecular weight is 498 g/mol. The number of amides is 2. The molecule has 0 atom stereocenters. The third kappa shape index (κ3) is 7.47. The van der Waals surface area contributed by atoms with Gasteiger partial charge in [-0.25, -0.2) is 8.42 Å². The number of carbonyl (C=O) groups excluding carboxylic acids is 2. The first-order valence-corrected chi connectivity index (χ1v) is 12.5. The summed E-state index contributed by atoms with van der Waals surface area (Å²) >= 11 is 0. The molecule has 0 aliphatic heterocycles. The predicted molar refractivity (Wildman–Crippen MR) is 133 cm³/mol. The van der Waals surface area contributed by atoms with Crippen LogP contribution in [0.2, 0.25) is 0 Å². The summed E-state index contributed by atoms with van der Waals surface area (Å²) in [5.41, 5.74) is 0.981. The van der Waals surface area contributed by atoms with Crippen molar-refractivity contribution in [3.05, 3.63) is 78.4 Å². The van der Waals surface area contributed by atoms with E-state index in [9.17, 15) is 18.0 Å². The summed E-state index contributed by atoms with van der Waals surface area (Å²) in [5, 5.41) is 5.20. The number of rotatable bonds is 11. The summed E-state index contributed by atoms with van der Waals surface area (Å²) < 4.78 is 38.5. The highest BCUT2D eigenvalue weighted by Gasteiger charge is 2.16. The number of carbonyl (C=O) groups is 2. The van der Waals surface area contributed by atoms with Gasteiger partial charge in [-0.3, -0.25) is 14.3 Å². The Morgan fingerprint density at radius 2 is 1.40 bits per heavy atom. The third-order valence-corrected chi connectivity index (χ3v) is 6.08. The molecule has 0 bridgehead atoms. The van der Waals surface area contributed by atoms with E-state index in [1.165, 1.54) is 30.3 Å². The highest BCUT2D eigenvalue weighted by Crippen LogP contribution is 2.20. The fourth-order valence-corrected chi connectivity index (χ4v) is 4.14. The summed E-state index contributed by atoms with van der Waals surface area (Å²) in [6, 6.07) is 18.9. The second kappa shape index (κ2) is 11.9. The number of hydrogen-bond acceptors (Lipinski definition) is 6. The molecule has 10 heteroatoms. The van der Waals surface area contributed by atoms with E-state index in [-0.39, 0.29) is 22.7 Å². The van der Waals surface area contributed by atoms with Gasteiger partial charge in [0, 0.05) is 16.9 Å². The lowest BCUT2D eigenvalue weighted by atomic mass is 10.2. The lowest BCUT2D eigenvalue weighted by molar-refractivity contribution is -0.115. The number of hydrogen-bond donors (Lipinski definition) is 3. The molecule has 0 radical (unpaired) electrons. The topological polar surface area (TPSA) is 123 Å². The van der Waals surface area contributed by atoms with Gasteiger partial charge in [-0.2, -0.15) is 0 Å². The summed E-state index contributed by atoms with van der Waals surface area (Å²) in [5.74, 6) is 0.331. The molecule has 0 saturated heterocycles. The molecule has 9 nitrogen and oxygen atoms in total. The van der Waals surface area contributed by atoms with Crippen molar-refractivity contribution in [2.45, 2.75) is 18.7 Å². The van der Waals surface area contributed by atoms with Crippen LogP contribution in [0.3, 0.4) is 0 Å². The van der Waals surface area contributed by atoms with Gasteiger partial charge in [0.05, 0.1) is 24.7 Å². The van der Waals surface area contributed by atoms with Gasteiger partial charge in [0.25, 0.3) is 15.9 Å². The van der Waals surface area contributed by atoms with Crippen LogP contribution in [0.1, 0.15) is 24.2 Å². The smallest absolute Gasteiger partial charge is 0.261 e. The summed E-state index contributed by atoms with van der Waals surface area (Å²) in [4.78, 5) is 24.7. The molecule has 3 aromatic rings. The molecule has 0 spiro atoms. The summed E-state index contributed by atoms with van der Waals surface area (Å²) in [6.45, 7) is 4.48. The molecule has 35 heavy (non-hydrogen) atoms. The van der Waals surface area contributed by atoms with Crippen molar-refractivity contribution in [1.29, 1.82) is 0 Å². The van der Waals surface area contributed by atoms with Crippen molar-refractivity contribution in [3.8, 4) is 11.5 Å². The Morgan fingerprint density at radius 1 is 0.800 bits per heavy atom. The zero-order chi connectivity index (χ0) is 25.3. The van der Waals surface area contributed by atoms with Crippen LogP contribution in [0, 0.1) is 0 Å². The zero-order valence-electron chi connectivity index (χ0n) is 19.4. The maximum Gasteiger partial charge on any atom is 0.261 e. The first-order valence-electron chi connectivity index (χ1n) is 11.0. The number of sulfonamides is 1. The van der Waals surface area contributed by atoms with E-state index in [0.29, 0.717) is 30.4 Å². The Bertz CT molecular complexity index is 1260. The van der Waals surface area contributed by atoms with Crippen molar-refractivity contribution in [2.75, 3.05) is 29.8 Å². The van der Waals surface area contributed by atoms with Gasteiger partial charge in [0.2, 0.25) is 5.91 Å². The molecule has 0 heterocycles. The van der Waals surface area contributed by atoms with Crippen molar-refractivity contribution in [2.24, 2.45) is 0 Å². The Balaban J connectivity index is 1.57. The lowest BCUT2D eigenvalue weighted by Gasteiger charge is -2.11. The van der Waals surface area contributed by atoms with E-state index >= 15 is 0 Å². The van der Waals surface area contributed by atoms with Crippen LogP contribution in [-0.2, 0) is 14.8 Å². The molecule has 3 N–H and O–H groups in total. The van der Waals surface area contributed by atoms with Crippen LogP contribution in [0.25, 0.3) is 0 Å². The number of anilines is 2. The molecule has 184 valence electrons. The van der Waals surface area contributed by atoms with Crippen LogP contribution in [-0.4, -0.2) is 40.0 Å². The zero-order valence-corrected chi connectivity index (χ0v) is 20.2. The summed E-state index contributed by atoms with van der Waals surface area (Å²) in [6.07, 6.45) is 0. The fourth-order valence-electron chi connectivity index (χ4n) is 3.09.